The molecule has 0 radical (unpaired) electrons. The van der Waals surface area contributed by atoms with Crippen molar-refractivity contribution in [1.82, 2.24) is 15.3 Å². The molecule has 0 saturated carbocycles. The standard InChI is InChI=1S/C23H16F3N3O4/c24-23(25,26)18-6-4-15(12-28-18)22(7-9-32-17-2-1-8-27-20(17)22)29-21(31)13-3-5-16-14(10-13)11-19(30)33-16/h1-6,8,10,12H,7,9,11H2,(H,29,31). The van der Waals surface area contributed by atoms with Crippen molar-refractivity contribution in [3.63, 3.8) is 0 Å². The molecular formula is C23H16F3N3O4. The van der Waals surface area contributed by atoms with Crippen molar-refractivity contribution in [2.24, 2.45) is 0 Å². The van der Waals surface area contributed by atoms with Gasteiger partial charge in [-0.25, -0.2) is 0 Å². The second-order valence-corrected chi connectivity index (χ2v) is 7.71. The molecule has 0 saturated heterocycles. The SMILES string of the molecule is O=C1Cc2cc(C(=O)NC3(c4ccc(C(F)(F)F)nc4)CCOc4cccnc43)ccc2O1. The van der Waals surface area contributed by atoms with Gasteiger partial charge in [0.1, 0.15) is 28.4 Å². The third-order valence-electron chi connectivity index (χ3n) is 5.66. The summed E-state index contributed by atoms with van der Waals surface area (Å²) in [5.41, 5.74) is -0.741. The molecule has 0 fully saturated rings. The van der Waals surface area contributed by atoms with Crippen molar-refractivity contribution >= 4 is 11.9 Å². The van der Waals surface area contributed by atoms with E-state index < -0.39 is 29.3 Å². The quantitative estimate of drug-likeness (QED) is 0.481. The predicted molar refractivity (Wildman–Crippen MR) is 108 cm³/mol. The summed E-state index contributed by atoms with van der Waals surface area (Å²) >= 11 is 0. The minimum absolute atomic E-state index is 0.0582. The Hall–Kier alpha value is -3.95. The summed E-state index contributed by atoms with van der Waals surface area (Å²) in [4.78, 5) is 32.8. The first-order chi connectivity index (χ1) is 15.8. The lowest BCUT2D eigenvalue weighted by molar-refractivity contribution is -0.141. The predicted octanol–water partition coefficient (Wildman–Crippen LogP) is 3.41. The highest BCUT2D eigenvalue weighted by atomic mass is 19.4. The molecule has 2 aromatic heterocycles. The van der Waals surface area contributed by atoms with Crippen LogP contribution in [0.15, 0.2) is 54.9 Å². The molecule has 33 heavy (non-hydrogen) atoms. The molecule has 2 aliphatic rings. The molecule has 1 aromatic carbocycles. The van der Waals surface area contributed by atoms with E-state index in [0.29, 0.717) is 28.3 Å². The first kappa shape index (κ1) is 20.9. The molecule has 3 aromatic rings. The molecule has 1 amide bonds. The van der Waals surface area contributed by atoms with Crippen LogP contribution in [-0.4, -0.2) is 28.5 Å². The number of hydrogen-bond acceptors (Lipinski definition) is 6. The Kier molecular flexibility index (Phi) is 4.80. The molecule has 0 spiro atoms. The molecule has 168 valence electrons. The van der Waals surface area contributed by atoms with Crippen molar-refractivity contribution < 1.29 is 32.2 Å². The van der Waals surface area contributed by atoms with Gasteiger partial charge in [-0.05, 0) is 36.4 Å². The lowest BCUT2D eigenvalue weighted by Gasteiger charge is -2.38. The fourth-order valence-corrected chi connectivity index (χ4v) is 4.09. The maximum Gasteiger partial charge on any atom is 0.433 e. The second-order valence-electron chi connectivity index (χ2n) is 7.71. The summed E-state index contributed by atoms with van der Waals surface area (Å²) < 4.78 is 49.9. The molecule has 2 aliphatic heterocycles. The number of rotatable bonds is 3. The lowest BCUT2D eigenvalue weighted by Crippen LogP contribution is -2.50. The Morgan fingerprint density at radius 3 is 2.70 bits per heavy atom. The van der Waals surface area contributed by atoms with Gasteiger partial charge in [-0.1, -0.05) is 6.07 Å². The number of carbonyl (C=O) groups excluding carboxylic acids is 2. The van der Waals surface area contributed by atoms with Crippen molar-refractivity contribution in [2.75, 3.05) is 6.61 Å². The average molecular weight is 455 g/mol. The van der Waals surface area contributed by atoms with Crippen LogP contribution in [-0.2, 0) is 22.9 Å². The molecule has 0 bridgehead atoms. The van der Waals surface area contributed by atoms with Gasteiger partial charge in [-0.2, -0.15) is 13.2 Å². The van der Waals surface area contributed by atoms with E-state index >= 15 is 0 Å². The summed E-state index contributed by atoms with van der Waals surface area (Å²) in [5, 5.41) is 2.95. The Morgan fingerprint density at radius 2 is 1.94 bits per heavy atom. The van der Waals surface area contributed by atoms with Crippen LogP contribution in [0.4, 0.5) is 13.2 Å². The fraction of sp³-hybridized carbons (Fsp3) is 0.217. The topological polar surface area (TPSA) is 90.4 Å². The minimum Gasteiger partial charge on any atom is -0.491 e. The zero-order valence-electron chi connectivity index (χ0n) is 17.0. The van der Waals surface area contributed by atoms with Gasteiger partial charge >= 0.3 is 12.1 Å². The molecule has 10 heteroatoms. The van der Waals surface area contributed by atoms with Gasteiger partial charge < -0.3 is 14.8 Å². The van der Waals surface area contributed by atoms with E-state index in [1.165, 1.54) is 24.4 Å². The molecular weight excluding hydrogens is 439 g/mol. The number of esters is 1. The fourth-order valence-electron chi connectivity index (χ4n) is 4.09. The van der Waals surface area contributed by atoms with E-state index in [1.54, 1.807) is 18.2 Å². The number of pyridine rings is 2. The van der Waals surface area contributed by atoms with Gasteiger partial charge in [0.2, 0.25) is 0 Å². The second kappa shape index (κ2) is 7.58. The highest BCUT2D eigenvalue weighted by molar-refractivity contribution is 5.96. The number of halogens is 3. The van der Waals surface area contributed by atoms with Crippen LogP contribution in [0.3, 0.4) is 0 Å². The van der Waals surface area contributed by atoms with E-state index in [1.807, 2.05) is 0 Å². The Morgan fingerprint density at radius 1 is 1.09 bits per heavy atom. The smallest absolute Gasteiger partial charge is 0.433 e. The third-order valence-corrected chi connectivity index (χ3v) is 5.66. The van der Waals surface area contributed by atoms with E-state index in [9.17, 15) is 22.8 Å². The number of alkyl halides is 3. The average Bonchev–Trinajstić information content (AvgIpc) is 3.18. The maximum absolute atomic E-state index is 13.3. The maximum atomic E-state index is 13.3. The molecule has 0 aliphatic carbocycles. The number of benzene rings is 1. The third kappa shape index (κ3) is 3.67. The van der Waals surface area contributed by atoms with E-state index in [0.717, 1.165) is 12.3 Å². The van der Waals surface area contributed by atoms with Crippen molar-refractivity contribution in [1.29, 1.82) is 0 Å². The van der Waals surface area contributed by atoms with Gasteiger partial charge in [0.15, 0.2) is 0 Å². The molecule has 1 N–H and O–H groups in total. The van der Waals surface area contributed by atoms with Crippen molar-refractivity contribution in [3.8, 4) is 11.5 Å². The normalized spacial score (nSPS) is 19.2. The summed E-state index contributed by atoms with van der Waals surface area (Å²) in [7, 11) is 0. The summed E-state index contributed by atoms with van der Waals surface area (Å²) in [6.45, 7) is 0.201. The molecule has 1 unspecified atom stereocenters. The Balaban J connectivity index is 1.57. The van der Waals surface area contributed by atoms with Crippen molar-refractivity contribution in [2.45, 2.75) is 24.6 Å². The van der Waals surface area contributed by atoms with Crippen LogP contribution in [0.5, 0.6) is 11.5 Å². The largest absolute Gasteiger partial charge is 0.491 e. The van der Waals surface area contributed by atoms with E-state index in [2.05, 4.69) is 15.3 Å². The number of amides is 1. The van der Waals surface area contributed by atoms with Crippen LogP contribution in [0.25, 0.3) is 0 Å². The lowest BCUT2D eigenvalue weighted by atomic mass is 9.81. The summed E-state index contributed by atoms with van der Waals surface area (Å²) in [6, 6.07) is 10.1. The highest BCUT2D eigenvalue weighted by Gasteiger charge is 2.43. The van der Waals surface area contributed by atoms with Gasteiger partial charge in [0.25, 0.3) is 5.91 Å². The van der Waals surface area contributed by atoms with Crippen LogP contribution in [0.2, 0.25) is 0 Å². The van der Waals surface area contributed by atoms with Crippen molar-refractivity contribution in [3.05, 3.63) is 82.9 Å². The number of fused-ring (bicyclic) bond motifs is 2. The first-order valence-corrected chi connectivity index (χ1v) is 10.0. The van der Waals surface area contributed by atoms with Crippen LogP contribution in [0.1, 0.15) is 39.3 Å². The van der Waals surface area contributed by atoms with Gasteiger partial charge in [-0.15, -0.1) is 0 Å². The van der Waals surface area contributed by atoms with Crippen LogP contribution < -0.4 is 14.8 Å². The molecule has 5 rings (SSSR count). The molecule has 7 nitrogen and oxygen atoms in total. The summed E-state index contributed by atoms with van der Waals surface area (Å²) in [5.74, 6) is -0.0823. The first-order valence-electron chi connectivity index (χ1n) is 10.0. The zero-order valence-corrected chi connectivity index (χ0v) is 17.0. The number of hydrogen-bond donors (Lipinski definition) is 1. The number of nitrogens with one attached hydrogen (secondary N) is 1. The van der Waals surface area contributed by atoms with E-state index in [-0.39, 0.29) is 25.0 Å². The minimum atomic E-state index is -4.59. The van der Waals surface area contributed by atoms with Crippen LogP contribution in [0, 0.1) is 0 Å². The van der Waals surface area contributed by atoms with Gasteiger partial charge in [-0.3, -0.25) is 19.6 Å². The Labute approximate surface area is 185 Å². The van der Waals surface area contributed by atoms with Crippen LogP contribution >= 0.6 is 0 Å². The summed E-state index contributed by atoms with van der Waals surface area (Å²) in [6.07, 6.45) is -1.69. The number of aromatic nitrogens is 2. The molecule has 1 atom stereocenters. The van der Waals surface area contributed by atoms with E-state index in [4.69, 9.17) is 9.47 Å². The zero-order chi connectivity index (χ0) is 23.2. The Bertz CT molecular complexity index is 1260. The monoisotopic (exact) mass is 455 g/mol. The van der Waals surface area contributed by atoms with Gasteiger partial charge in [0, 0.05) is 35.5 Å². The van der Waals surface area contributed by atoms with Gasteiger partial charge in [0.05, 0.1) is 13.0 Å². The number of ether oxygens (including phenoxy) is 2. The number of nitrogens with zero attached hydrogens (tertiary/aromatic N) is 2. The highest BCUT2D eigenvalue weighted by Crippen LogP contribution is 2.41. The molecule has 4 heterocycles. The number of carbonyl (C=O) groups is 2.